The smallest absolute Gasteiger partial charge is 0.119 e. The molecule has 0 aromatic heterocycles. The number of para-hydroxylation sites is 1. The van der Waals surface area contributed by atoms with Crippen LogP contribution in [0.2, 0.25) is 0 Å². The fourth-order valence-corrected chi connectivity index (χ4v) is 2.21. The Hall–Kier alpha value is -1.84. The Morgan fingerprint density at radius 3 is 1.90 bits per heavy atom. The second-order valence-electron chi connectivity index (χ2n) is 4.87. The highest BCUT2D eigenvalue weighted by Gasteiger charge is 2.30. The van der Waals surface area contributed by atoms with Gasteiger partial charge >= 0.3 is 0 Å². The molecule has 0 saturated carbocycles. The van der Waals surface area contributed by atoms with Crippen molar-refractivity contribution in [3.05, 3.63) is 66.2 Å². The van der Waals surface area contributed by atoms with Gasteiger partial charge < -0.3 is 14.9 Å². The van der Waals surface area contributed by atoms with Crippen molar-refractivity contribution >= 4 is 0 Å². The van der Waals surface area contributed by atoms with E-state index in [0.717, 1.165) is 11.3 Å². The summed E-state index contributed by atoms with van der Waals surface area (Å²) < 4.78 is 5.66. The van der Waals surface area contributed by atoms with Gasteiger partial charge in [0.15, 0.2) is 0 Å². The standard InChI is InChI=1S/C17H20O3/c18-13-17(14-19,15-7-3-1-4-8-15)11-12-20-16-9-5-2-6-10-16/h1-10,18-19H,11-14H2. The topological polar surface area (TPSA) is 49.7 Å². The van der Waals surface area contributed by atoms with E-state index in [1.165, 1.54) is 0 Å². The summed E-state index contributed by atoms with van der Waals surface area (Å²) in [7, 11) is 0. The maximum absolute atomic E-state index is 9.71. The van der Waals surface area contributed by atoms with Gasteiger partial charge in [-0.25, -0.2) is 0 Å². The third-order valence-electron chi connectivity index (χ3n) is 3.58. The van der Waals surface area contributed by atoms with Crippen molar-refractivity contribution in [1.82, 2.24) is 0 Å². The molecular formula is C17H20O3. The molecule has 0 aliphatic heterocycles. The lowest BCUT2D eigenvalue weighted by molar-refractivity contribution is 0.0951. The first-order valence-corrected chi connectivity index (χ1v) is 6.76. The van der Waals surface area contributed by atoms with Gasteiger partial charge in [0.2, 0.25) is 0 Å². The number of rotatable bonds is 7. The molecule has 0 heterocycles. The van der Waals surface area contributed by atoms with Gasteiger partial charge in [-0.2, -0.15) is 0 Å². The highest BCUT2D eigenvalue weighted by Crippen LogP contribution is 2.27. The van der Waals surface area contributed by atoms with Crippen molar-refractivity contribution in [1.29, 1.82) is 0 Å². The Morgan fingerprint density at radius 1 is 0.800 bits per heavy atom. The Morgan fingerprint density at radius 2 is 1.35 bits per heavy atom. The zero-order valence-corrected chi connectivity index (χ0v) is 11.4. The monoisotopic (exact) mass is 272 g/mol. The van der Waals surface area contributed by atoms with Crippen LogP contribution in [0.15, 0.2) is 60.7 Å². The van der Waals surface area contributed by atoms with Crippen LogP contribution in [-0.4, -0.2) is 30.0 Å². The van der Waals surface area contributed by atoms with Crippen molar-refractivity contribution in [2.75, 3.05) is 19.8 Å². The van der Waals surface area contributed by atoms with Crippen LogP contribution in [0.5, 0.6) is 5.75 Å². The van der Waals surface area contributed by atoms with Gasteiger partial charge in [0.1, 0.15) is 5.75 Å². The number of hydrogen-bond acceptors (Lipinski definition) is 3. The van der Waals surface area contributed by atoms with Gasteiger partial charge in [0.25, 0.3) is 0 Å². The molecule has 106 valence electrons. The fraction of sp³-hybridized carbons (Fsp3) is 0.294. The average molecular weight is 272 g/mol. The van der Waals surface area contributed by atoms with E-state index in [0.29, 0.717) is 13.0 Å². The second kappa shape index (κ2) is 7.08. The first-order chi connectivity index (χ1) is 9.80. The highest BCUT2D eigenvalue weighted by molar-refractivity contribution is 5.26. The molecule has 0 saturated heterocycles. The molecule has 0 unspecified atom stereocenters. The zero-order valence-electron chi connectivity index (χ0n) is 11.4. The molecule has 0 aliphatic rings. The third kappa shape index (κ3) is 3.38. The molecule has 2 rings (SSSR count). The minimum Gasteiger partial charge on any atom is -0.494 e. The van der Waals surface area contributed by atoms with Gasteiger partial charge in [0.05, 0.1) is 19.8 Å². The van der Waals surface area contributed by atoms with Crippen LogP contribution in [-0.2, 0) is 5.41 Å². The van der Waals surface area contributed by atoms with E-state index in [9.17, 15) is 10.2 Å². The van der Waals surface area contributed by atoms with E-state index in [1.807, 2.05) is 60.7 Å². The lowest BCUT2D eigenvalue weighted by Crippen LogP contribution is -2.36. The maximum atomic E-state index is 9.71. The maximum Gasteiger partial charge on any atom is 0.119 e. The fourth-order valence-electron chi connectivity index (χ4n) is 2.21. The Kier molecular flexibility index (Phi) is 5.16. The van der Waals surface area contributed by atoms with Crippen molar-refractivity contribution in [3.63, 3.8) is 0 Å². The number of aliphatic hydroxyl groups is 2. The van der Waals surface area contributed by atoms with Gasteiger partial charge in [-0.1, -0.05) is 48.5 Å². The predicted octanol–water partition coefficient (Wildman–Crippen LogP) is 2.38. The molecule has 2 aromatic rings. The summed E-state index contributed by atoms with van der Waals surface area (Å²) in [5.41, 5.74) is 0.275. The van der Waals surface area contributed by atoms with Gasteiger partial charge in [-0.15, -0.1) is 0 Å². The van der Waals surface area contributed by atoms with E-state index in [4.69, 9.17) is 4.74 Å². The minimum atomic E-state index is -0.657. The van der Waals surface area contributed by atoms with Crippen LogP contribution < -0.4 is 4.74 Å². The highest BCUT2D eigenvalue weighted by atomic mass is 16.5. The Balaban J connectivity index is 2.03. The van der Waals surface area contributed by atoms with Gasteiger partial charge in [-0.05, 0) is 24.1 Å². The Bertz CT molecular complexity index is 492. The molecule has 0 radical (unpaired) electrons. The number of ether oxygens (including phenoxy) is 1. The SMILES string of the molecule is OCC(CO)(CCOc1ccccc1)c1ccccc1. The molecule has 0 aliphatic carbocycles. The van der Waals surface area contributed by atoms with E-state index < -0.39 is 5.41 Å². The molecule has 0 amide bonds. The second-order valence-corrected chi connectivity index (χ2v) is 4.87. The average Bonchev–Trinajstić information content (AvgIpc) is 2.54. The summed E-state index contributed by atoms with van der Waals surface area (Å²) in [5, 5.41) is 19.4. The van der Waals surface area contributed by atoms with Crippen LogP contribution in [0.4, 0.5) is 0 Å². The zero-order chi connectivity index (χ0) is 14.3. The molecule has 0 spiro atoms. The number of hydrogen-bond donors (Lipinski definition) is 2. The quantitative estimate of drug-likeness (QED) is 0.813. The van der Waals surface area contributed by atoms with Gasteiger partial charge in [0, 0.05) is 5.41 Å². The molecule has 2 N–H and O–H groups in total. The molecule has 3 heteroatoms. The lowest BCUT2D eigenvalue weighted by Gasteiger charge is -2.30. The molecule has 0 atom stereocenters. The summed E-state index contributed by atoms with van der Waals surface area (Å²) in [6.07, 6.45) is 0.554. The van der Waals surface area contributed by atoms with Crippen molar-refractivity contribution < 1.29 is 14.9 Å². The molecule has 0 fully saturated rings. The minimum absolute atomic E-state index is 0.105. The van der Waals surface area contributed by atoms with Crippen LogP contribution >= 0.6 is 0 Å². The molecular weight excluding hydrogens is 252 g/mol. The van der Waals surface area contributed by atoms with E-state index in [-0.39, 0.29) is 13.2 Å². The van der Waals surface area contributed by atoms with E-state index in [1.54, 1.807) is 0 Å². The van der Waals surface area contributed by atoms with Crippen LogP contribution in [0.25, 0.3) is 0 Å². The van der Waals surface area contributed by atoms with Crippen molar-refractivity contribution in [2.24, 2.45) is 0 Å². The van der Waals surface area contributed by atoms with Gasteiger partial charge in [-0.3, -0.25) is 0 Å². The molecule has 2 aromatic carbocycles. The third-order valence-corrected chi connectivity index (χ3v) is 3.58. The summed E-state index contributed by atoms with van der Waals surface area (Å²) in [6, 6.07) is 19.1. The predicted molar refractivity (Wildman–Crippen MR) is 78.8 cm³/mol. The summed E-state index contributed by atoms with van der Waals surface area (Å²) in [4.78, 5) is 0. The number of aliphatic hydroxyl groups excluding tert-OH is 2. The van der Waals surface area contributed by atoms with Crippen molar-refractivity contribution in [3.8, 4) is 5.75 Å². The molecule has 20 heavy (non-hydrogen) atoms. The van der Waals surface area contributed by atoms with Crippen LogP contribution in [0, 0.1) is 0 Å². The first-order valence-electron chi connectivity index (χ1n) is 6.76. The first kappa shape index (κ1) is 14.6. The number of benzene rings is 2. The molecule has 0 bridgehead atoms. The van der Waals surface area contributed by atoms with Crippen molar-refractivity contribution in [2.45, 2.75) is 11.8 Å². The van der Waals surface area contributed by atoms with Crippen LogP contribution in [0.1, 0.15) is 12.0 Å². The molecule has 3 nitrogen and oxygen atoms in total. The normalized spacial score (nSPS) is 11.3. The summed E-state index contributed by atoms with van der Waals surface area (Å²) in [6.45, 7) is 0.233. The van der Waals surface area contributed by atoms with E-state index >= 15 is 0 Å². The van der Waals surface area contributed by atoms with E-state index in [2.05, 4.69) is 0 Å². The van der Waals surface area contributed by atoms with Crippen LogP contribution in [0.3, 0.4) is 0 Å². The Labute approximate surface area is 119 Å². The lowest BCUT2D eigenvalue weighted by atomic mass is 9.79. The largest absolute Gasteiger partial charge is 0.494 e. The summed E-state index contributed by atoms with van der Waals surface area (Å²) in [5.74, 6) is 0.797. The summed E-state index contributed by atoms with van der Waals surface area (Å²) >= 11 is 0.